The van der Waals surface area contributed by atoms with E-state index in [4.69, 9.17) is 9.97 Å². The van der Waals surface area contributed by atoms with Crippen LogP contribution in [0, 0.1) is 0 Å². The smallest absolute Gasteiger partial charge is 0.226 e. The summed E-state index contributed by atoms with van der Waals surface area (Å²) in [5.74, 6) is 0.863. The van der Waals surface area contributed by atoms with Gasteiger partial charge in [-0.15, -0.1) is 0 Å². The number of benzene rings is 1. The molecule has 1 fully saturated rings. The molecule has 1 aromatic carbocycles. The van der Waals surface area contributed by atoms with Crippen LogP contribution in [0.3, 0.4) is 0 Å². The largest absolute Gasteiger partial charge is 0.338 e. The summed E-state index contributed by atoms with van der Waals surface area (Å²) in [4.78, 5) is 12.9. The van der Waals surface area contributed by atoms with Gasteiger partial charge in [-0.1, -0.05) is 12.1 Å². The summed E-state index contributed by atoms with van der Waals surface area (Å²) in [6, 6.07) is 8.50. The van der Waals surface area contributed by atoms with E-state index in [0.29, 0.717) is 6.04 Å². The number of fused-ring (bicyclic) bond motifs is 1. The maximum atomic E-state index is 11.8. The van der Waals surface area contributed by atoms with Crippen LogP contribution in [0.2, 0.25) is 0 Å². The number of rotatable bonds is 3. The lowest BCUT2D eigenvalue weighted by molar-refractivity contribution is 0.470. The molecule has 2 aliphatic rings. The van der Waals surface area contributed by atoms with Gasteiger partial charge in [-0.3, -0.25) is 4.21 Å². The number of hydrogen-bond acceptors (Lipinski definition) is 4. The van der Waals surface area contributed by atoms with E-state index in [0.717, 1.165) is 47.9 Å². The van der Waals surface area contributed by atoms with Crippen LogP contribution < -0.4 is 4.90 Å². The highest BCUT2D eigenvalue weighted by Crippen LogP contribution is 2.34. The maximum absolute atomic E-state index is 11.8. The summed E-state index contributed by atoms with van der Waals surface area (Å²) in [6.45, 7) is 3.26. The SMILES string of the molecule is C[C@H]1CCN1c1nc2c(c(-c3cccc(S(C)=O)c3)n1)CCC2. The Hall–Kier alpha value is -1.75. The van der Waals surface area contributed by atoms with Gasteiger partial charge >= 0.3 is 0 Å². The van der Waals surface area contributed by atoms with E-state index >= 15 is 0 Å². The molecule has 0 bridgehead atoms. The zero-order chi connectivity index (χ0) is 16.0. The van der Waals surface area contributed by atoms with Crippen LogP contribution in [0.5, 0.6) is 0 Å². The standard InChI is InChI=1S/C18H21N3OS/c1-12-9-10-21(12)18-19-16-8-4-7-15(16)17(20-18)13-5-3-6-14(11-13)23(2)22/h3,5-6,11-12H,4,7-10H2,1-2H3/t12-,23?/m0/s1. The molecular formula is C18H21N3OS. The van der Waals surface area contributed by atoms with Crippen LogP contribution in [0.25, 0.3) is 11.3 Å². The summed E-state index contributed by atoms with van der Waals surface area (Å²) in [6.07, 6.45) is 6.16. The number of nitrogens with zero attached hydrogens (tertiary/aromatic N) is 3. The van der Waals surface area contributed by atoms with Gasteiger partial charge in [0.15, 0.2) is 0 Å². The molecule has 1 aliphatic heterocycles. The minimum absolute atomic E-state index is 0.525. The van der Waals surface area contributed by atoms with E-state index in [1.807, 2.05) is 18.2 Å². The third-order valence-electron chi connectivity index (χ3n) is 4.94. The lowest BCUT2D eigenvalue weighted by Crippen LogP contribution is -2.46. The van der Waals surface area contributed by atoms with E-state index in [-0.39, 0.29) is 0 Å². The Bertz CT molecular complexity index is 790. The monoisotopic (exact) mass is 327 g/mol. The van der Waals surface area contributed by atoms with Crippen molar-refractivity contribution < 1.29 is 4.21 Å². The number of aryl methyl sites for hydroxylation is 1. The van der Waals surface area contributed by atoms with E-state index in [1.165, 1.54) is 17.7 Å². The minimum atomic E-state index is -0.975. The van der Waals surface area contributed by atoms with Gasteiger partial charge in [0.05, 0.1) is 5.69 Å². The van der Waals surface area contributed by atoms with E-state index in [2.05, 4.69) is 17.9 Å². The van der Waals surface area contributed by atoms with Gasteiger partial charge < -0.3 is 4.90 Å². The third kappa shape index (κ3) is 2.57. The average Bonchev–Trinajstić information content (AvgIpc) is 3.01. The molecule has 0 saturated carbocycles. The fourth-order valence-electron chi connectivity index (χ4n) is 3.42. The van der Waals surface area contributed by atoms with Crippen molar-refractivity contribution in [2.24, 2.45) is 0 Å². The van der Waals surface area contributed by atoms with Crippen molar-refractivity contribution in [2.45, 2.75) is 43.5 Å². The zero-order valence-electron chi connectivity index (χ0n) is 13.6. The molecule has 4 rings (SSSR count). The van der Waals surface area contributed by atoms with Gasteiger partial charge in [0.2, 0.25) is 5.95 Å². The molecule has 1 unspecified atom stereocenters. The highest BCUT2D eigenvalue weighted by atomic mass is 32.2. The molecule has 4 nitrogen and oxygen atoms in total. The molecule has 2 atom stereocenters. The summed E-state index contributed by atoms with van der Waals surface area (Å²) in [5, 5.41) is 0. The molecule has 120 valence electrons. The minimum Gasteiger partial charge on any atom is -0.338 e. The Morgan fingerprint density at radius 1 is 1.26 bits per heavy atom. The van der Waals surface area contributed by atoms with Crippen LogP contribution in [-0.4, -0.2) is 33.0 Å². The van der Waals surface area contributed by atoms with Crippen molar-refractivity contribution in [3.05, 3.63) is 35.5 Å². The van der Waals surface area contributed by atoms with E-state index in [1.54, 1.807) is 6.26 Å². The van der Waals surface area contributed by atoms with Crippen molar-refractivity contribution in [3.63, 3.8) is 0 Å². The summed E-state index contributed by atoms with van der Waals surface area (Å²) in [5.41, 5.74) is 4.58. The maximum Gasteiger partial charge on any atom is 0.226 e. The van der Waals surface area contributed by atoms with Crippen molar-refractivity contribution in [2.75, 3.05) is 17.7 Å². The van der Waals surface area contributed by atoms with Crippen molar-refractivity contribution >= 4 is 16.7 Å². The molecule has 1 aromatic heterocycles. The highest BCUT2D eigenvalue weighted by molar-refractivity contribution is 7.84. The quantitative estimate of drug-likeness (QED) is 0.869. The molecule has 2 heterocycles. The third-order valence-corrected chi connectivity index (χ3v) is 5.86. The first-order valence-corrected chi connectivity index (χ1v) is 9.79. The fourth-order valence-corrected chi connectivity index (χ4v) is 3.99. The Morgan fingerprint density at radius 3 is 2.83 bits per heavy atom. The van der Waals surface area contributed by atoms with Crippen LogP contribution in [0.1, 0.15) is 31.0 Å². The topological polar surface area (TPSA) is 46.1 Å². The molecule has 23 heavy (non-hydrogen) atoms. The molecule has 0 amide bonds. The van der Waals surface area contributed by atoms with Crippen molar-refractivity contribution in [3.8, 4) is 11.3 Å². The molecule has 2 aromatic rings. The zero-order valence-corrected chi connectivity index (χ0v) is 14.4. The Labute approximate surface area is 139 Å². The average molecular weight is 327 g/mol. The second-order valence-corrected chi connectivity index (χ2v) is 7.84. The van der Waals surface area contributed by atoms with Gasteiger partial charge in [-0.2, -0.15) is 0 Å². The lowest BCUT2D eigenvalue weighted by atomic mass is 10.0. The van der Waals surface area contributed by atoms with Crippen molar-refractivity contribution in [1.29, 1.82) is 0 Å². The first-order chi connectivity index (χ1) is 11.1. The van der Waals surface area contributed by atoms with Crippen molar-refractivity contribution in [1.82, 2.24) is 9.97 Å². The second-order valence-electron chi connectivity index (χ2n) is 6.46. The second kappa shape index (κ2) is 5.71. The van der Waals surface area contributed by atoms with E-state index < -0.39 is 10.8 Å². The molecule has 1 aliphatic carbocycles. The van der Waals surface area contributed by atoms with E-state index in [9.17, 15) is 4.21 Å². The van der Waals surface area contributed by atoms with Gasteiger partial charge in [-0.25, -0.2) is 9.97 Å². The Balaban J connectivity index is 1.84. The summed E-state index contributed by atoms with van der Waals surface area (Å²) in [7, 11) is -0.975. The summed E-state index contributed by atoms with van der Waals surface area (Å²) < 4.78 is 11.8. The number of anilines is 1. The highest BCUT2D eigenvalue weighted by Gasteiger charge is 2.29. The fraction of sp³-hybridized carbons (Fsp3) is 0.444. The molecular weight excluding hydrogens is 306 g/mol. The van der Waals surface area contributed by atoms with Crippen LogP contribution in [-0.2, 0) is 23.6 Å². The predicted molar refractivity (Wildman–Crippen MR) is 93.3 cm³/mol. The van der Waals surface area contributed by atoms with Crippen LogP contribution in [0.15, 0.2) is 29.2 Å². The van der Waals surface area contributed by atoms with Gasteiger partial charge in [0, 0.05) is 51.4 Å². The number of hydrogen-bond donors (Lipinski definition) is 0. The first kappa shape index (κ1) is 14.8. The van der Waals surface area contributed by atoms with Gasteiger partial charge in [-0.05, 0) is 44.7 Å². The normalized spacial score (nSPS) is 21.0. The molecule has 0 spiro atoms. The van der Waals surface area contributed by atoms with Gasteiger partial charge in [0.1, 0.15) is 0 Å². The Morgan fingerprint density at radius 2 is 2.13 bits per heavy atom. The number of aromatic nitrogens is 2. The first-order valence-electron chi connectivity index (χ1n) is 8.24. The molecule has 1 saturated heterocycles. The lowest BCUT2D eigenvalue weighted by Gasteiger charge is -2.39. The van der Waals surface area contributed by atoms with Gasteiger partial charge in [0.25, 0.3) is 0 Å². The predicted octanol–water partition coefficient (Wildman–Crippen LogP) is 2.97. The van der Waals surface area contributed by atoms with Crippen LogP contribution in [0.4, 0.5) is 5.95 Å². The van der Waals surface area contributed by atoms with Crippen LogP contribution >= 0.6 is 0 Å². The molecule has 0 N–H and O–H groups in total. The molecule has 5 heteroatoms. The summed E-state index contributed by atoms with van der Waals surface area (Å²) >= 11 is 0. The molecule has 0 radical (unpaired) electrons. The Kier molecular flexibility index (Phi) is 3.68.